The van der Waals surface area contributed by atoms with Crippen LogP contribution in [0.25, 0.3) is 10.4 Å². The fourth-order valence-corrected chi connectivity index (χ4v) is 5.56. The van der Waals surface area contributed by atoms with Crippen molar-refractivity contribution in [3.05, 3.63) is 69.0 Å². The lowest BCUT2D eigenvalue weighted by atomic mass is 9.87. The molecule has 1 amide bonds. The average Bonchev–Trinajstić information content (AvgIpc) is 3.16. The predicted octanol–water partition coefficient (Wildman–Crippen LogP) is 6.28. The van der Waals surface area contributed by atoms with E-state index in [2.05, 4.69) is 36.7 Å². The van der Waals surface area contributed by atoms with Gasteiger partial charge in [0.15, 0.2) is 17.2 Å². The Morgan fingerprint density at radius 1 is 1.08 bits per heavy atom. The maximum atomic E-state index is 12.5. The zero-order valence-electron chi connectivity index (χ0n) is 20.8. The molecular weight excluding hydrogens is 546 g/mol. The van der Waals surface area contributed by atoms with Gasteiger partial charge in [-0.15, -0.1) is 11.3 Å². The molecule has 190 valence electrons. The highest BCUT2D eigenvalue weighted by molar-refractivity contribution is 9.10. The number of carbonyl (C=O) groups excluding carboxylic acids is 2. The van der Waals surface area contributed by atoms with E-state index in [4.69, 9.17) is 14.6 Å². The van der Waals surface area contributed by atoms with Gasteiger partial charge >= 0.3 is 11.9 Å². The van der Waals surface area contributed by atoms with Gasteiger partial charge in [0, 0.05) is 12.6 Å². The van der Waals surface area contributed by atoms with Crippen LogP contribution < -0.4 is 9.64 Å². The fraction of sp³-hybridized carbons (Fsp3) is 0.296. The first-order valence-corrected chi connectivity index (χ1v) is 12.8. The van der Waals surface area contributed by atoms with Gasteiger partial charge in [0.25, 0.3) is 0 Å². The van der Waals surface area contributed by atoms with Crippen LogP contribution in [-0.4, -0.2) is 36.7 Å². The van der Waals surface area contributed by atoms with Crippen molar-refractivity contribution < 1.29 is 29.0 Å². The van der Waals surface area contributed by atoms with Crippen molar-refractivity contribution in [3.8, 4) is 16.2 Å². The first-order chi connectivity index (χ1) is 16.9. The second kappa shape index (κ2) is 11.3. The summed E-state index contributed by atoms with van der Waals surface area (Å²) in [4.78, 5) is 38.4. The number of halogens is 1. The molecule has 0 aliphatic carbocycles. The number of hydrogen-bond donors (Lipinski definition) is 1. The minimum atomic E-state index is -1.16. The second-order valence-corrected chi connectivity index (χ2v) is 11.0. The van der Waals surface area contributed by atoms with Crippen LogP contribution in [0, 0.1) is 0 Å². The zero-order chi connectivity index (χ0) is 26.6. The van der Waals surface area contributed by atoms with Gasteiger partial charge in [-0.3, -0.25) is 4.79 Å². The Balaban J connectivity index is 1.95. The highest BCUT2D eigenvalue weighted by Crippen LogP contribution is 2.46. The molecule has 1 heterocycles. The van der Waals surface area contributed by atoms with Crippen molar-refractivity contribution in [2.45, 2.75) is 39.7 Å². The lowest BCUT2D eigenvalue weighted by Gasteiger charge is -2.24. The highest BCUT2D eigenvalue weighted by atomic mass is 79.9. The first-order valence-electron chi connectivity index (χ1n) is 11.2. The van der Waals surface area contributed by atoms with E-state index in [-0.39, 0.29) is 21.9 Å². The molecule has 0 spiro atoms. The minimum absolute atomic E-state index is 0.0120. The van der Waals surface area contributed by atoms with Crippen LogP contribution >= 0.6 is 27.3 Å². The molecule has 7 nitrogen and oxygen atoms in total. The third kappa shape index (κ3) is 6.33. The van der Waals surface area contributed by atoms with Crippen LogP contribution in [0.2, 0.25) is 0 Å². The summed E-state index contributed by atoms with van der Waals surface area (Å²) in [5.41, 5.74) is 3.66. The van der Waals surface area contributed by atoms with Crippen molar-refractivity contribution in [2.24, 2.45) is 0 Å². The van der Waals surface area contributed by atoms with Crippen LogP contribution in [-0.2, 0) is 26.3 Å². The number of benzene rings is 2. The maximum Gasteiger partial charge on any atom is 0.351 e. The summed E-state index contributed by atoms with van der Waals surface area (Å²) in [5.74, 6) is -1.74. The third-order valence-corrected chi connectivity index (χ3v) is 7.69. The fourth-order valence-electron chi connectivity index (χ4n) is 3.59. The Labute approximate surface area is 222 Å². The number of carbonyl (C=O) groups is 3. The van der Waals surface area contributed by atoms with E-state index in [1.165, 1.54) is 19.6 Å². The number of anilines is 1. The van der Waals surface area contributed by atoms with E-state index >= 15 is 0 Å². The highest BCUT2D eigenvalue weighted by Gasteiger charge is 2.25. The molecule has 1 aromatic heterocycles. The number of amides is 1. The third-order valence-electron chi connectivity index (χ3n) is 5.47. The molecule has 36 heavy (non-hydrogen) atoms. The number of ether oxygens (including phenoxy) is 2. The summed E-state index contributed by atoms with van der Waals surface area (Å²) in [6, 6.07) is 15.6. The van der Waals surface area contributed by atoms with Gasteiger partial charge in [-0.2, -0.15) is 0 Å². The molecule has 0 saturated heterocycles. The molecule has 0 saturated carbocycles. The molecule has 9 heteroatoms. The van der Waals surface area contributed by atoms with Gasteiger partial charge in [-0.25, -0.2) is 9.59 Å². The van der Waals surface area contributed by atoms with E-state index in [9.17, 15) is 14.4 Å². The number of carboxylic acid groups (broad SMARTS) is 1. The van der Waals surface area contributed by atoms with Crippen LogP contribution in [0.15, 0.2) is 53.0 Å². The Bertz CT molecular complexity index is 1280. The quantitative estimate of drug-likeness (QED) is 0.319. The predicted molar refractivity (Wildman–Crippen MR) is 144 cm³/mol. The van der Waals surface area contributed by atoms with Gasteiger partial charge in [0.05, 0.1) is 23.0 Å². The van der Waals surface area contributed by atoms with Gasteiger partial charge < -0.3 is 19.5 Å². The summed E-state index contributed by atoms with van der Waals surface area (Å²) in [5, 5.41) is 9.00. The van der Waals surface area contributed by atoms with Crippen molar-refractivity contribution in [1.82, 2.24) is 0 Å². The van der Waals surface area contributed by atoms with Gasteiger partial charge in [-0.05, 0) is 56.2 Å². The molecule has 1 N–H and O–H groups in total. The lowest BCUT2D eigenvalue weighted by Crippen LogP contribution is -2.27. The molecule has 3 aromatic rings. The van der Waals surface area contributed by atoms with E-state index in [1.54, 1.807) is 4.90 Å². The Kier molecular flexibility index (Phi) is 8.58. The number of nitrogens with zero attached hydrogens (tertiary/aromatic N) is 1. The van der Waals surface area contributed by atoms with Gasteiger partial charge in [-0.1, -0.05) is 51.1 Å². The standard InChI is InChI=1S/C27H28BrNO6S/c1-16(30)29(20-11-9-19(10-12-20)27(2,3)4)14-17-7-6-8-18(13-17)24-22(28)23(35-15-21(31)32)25(36-24)26(33)34-5/h6-13H,14-15H2,1-5H3,(H,31,32). The summed E-state index contributed by atoms with van der Waals surface area (Å²) >= 11 is 4.60. The Morgan fingerprint density at radius 3 is 2.31 bits per heavy atom. The normalized spacial score (nSPS) is 11.2. The smallest absolute Gasteiger partial charge is 0.351 e. The second-order valence-electron chi connectivity index (χ2n) is 9.18. The van der Waals surface area contributed by atoms with Crippen LogP contribution in [0.3, 0.4) is 0 Å². The van der Waals surface area contributed by atoms with Crippen molar-refractivity contribution in [2.75, 3.05) is 18.6 Å². The van der Waals surface area contributed by atoms with E-state index in [1.807, 2.05) is 48.5 Å². The molecule has 0 aliphatic rings. The average molecular weight is 574 g/mol. The largest absolute Gasteiger partial charge is 0.479 e. The van der Waals surface area contributed by atoms with E-state index in [0.717, 1.165) is 28.2 Å². The topological polar surface area (TPSA) is 93.1 Å². The Hall–Kier alpha value is -3.17. The first kappa shape index (κ1) is 27.4. The van der Waals surface area contributed by atoms with E-state index < -0.39 is 18.5 Å². The Morgan fingerprint density at radius 2 is 1.75 bits per heavy atom. The van der Waals surface area contributed by atoms with Crippen molar-refractivity contribution in [3.63, 3.8) is 0 Å². The summed E-state index contributed by atoms with van der Waals surface area (Å²) in [7, 11) is 1.25. The summed E-state index contributed by atoms with van der Waals surface area (Å²) in [6.07, 6.45) is 0. The number of esters is 1. The zero-order valence-corrected chi connectivity index (χ0v) is 23.2. The number of hydrogen-bond acceptors (Lipinski definition) is 6. The molecule has 0 atom stereocenters. The molecular formula is C27H28BrNO6S. The molecule has 0 unspecified atom stereocenters. The molecule has 0 radical (unpaired) electrons. The van der Waals surface area contributed by atoms with Crippen LogP contribution in [0.5, 0.6) is 5.75 Å². The molecule has 0 fully saturated rings. The molecule has 2 aromatic carbocycles. The summed E-state index contributed by atoms with van der Waals surface area (Å²) < 4.78 is 10.7. The van der Waals surface area contributed by atoms with Crippen LogP contribution in [0.4, 0.5) is 5.69 Å². The van der Waals surface area contributed by atoms with Gasteiger partial charge in [0.2, 0.25) is 5.91 Å². The SMILES string of the molecule is COC(=O)c1sc(-c2cccc(CN(C(C)=O)c3ccc(C(C)(C)C)cc3)c2)c(Br)c1OCC(=O)O. The molecule has 3 rings (SSSR count). The lowest BCUT2D eigenvalue weighted by molar-refractivity contribution is -0.139. The summed E-state index contributed by atoms with van der Waals surface area (Å²) in [6.45, 7) is 7.72. The number of carboxylic acids is 1. The van der Waals surface area contributed by atoms with Crippen molar-refractivity contribution >= 4 is 50.8 Å². The van der Waals surface area contributed by atoms with E-state index in [0.29, 0.717) is 15.9 Å². The monoisotopic (exact) mass is 573 g/mol. The number of thiophene rings is 1. The number of methoxy groups -OCH3 is 1. The number of rotatable bonds is 8. The molecule has 0 aliphatic heterocycles. The van der Waals surface area contributed by atoms with Crippen molar-refractivity contribution in [1.29, 1.82) is 0 Å². The minimum Gasteiger partial charge on any atom is -0.479 e. The maximum absolute atomic E-state index is 12.5. The molecule has 0 bridgehead atoms. The van der Waals surface area contributed by atoms with Crippen LogP contribution in [0.1, 0.15) is 48.5 Å². The number of aliphatic carboxylic acids is 1. The van der Waals surface area contributed by atoms with Gasteiger partial charge in [0.1, 0.15) is 0 Å².